The number of amides is 4. The van der Waals surface area contributed by atoms with Crippen LogP contribution < -0.4 is 30.7 Å². The van der Waals surface area contributed by atoms with Crippen LogP contribution in [0.5, 0.6) is 11.5 Å². The lowest BCUT2D eigenvalue weighted by atomic mass is 10.0. The lowest BCUT2D eigenvalue weighted by Gasteiger charge is -2.23. The Labute approximate surface area is 217 Å². The van der Waals surface area contributed by atoms with Crippen LogP contribution in [0, 0.1) is 5.92 Å². The van der Waals surface area contributed by atoms with Crippen molar-refractivity contribution in [2.24, 2.45) is 5.92 Å². The molecule has 0 aromatic heterocycles. The van der Waals surface area contributed by atoms with E-state index in [-0.39, 0.29) is 38.5 Å². The van der Waals surface area contributed by atoms with E-state index in [0.29, 0.717) is 17.1 Å². The number of carbonyl (C=O) groups excluding carboxylic acids is 5. The Kier molecular flexibility index (Phi) is 13.5. The first-order valence-electron chi connectivity index (χ1n) is 12.1. The molecule has 0 fully saturated rings. The summed E-state index contributed by atoms with van der Waals surface area (Å²) < 4.78 is 15.2. The molecule has 0 heterocycles. The highest BCUT2D eigenvalue weighted by Gasteiger charge is 2.29. The highest BCUT2D eigenvalue weighted by Crippen LogP contribution is 2.22. The molecule has 2 atom stereocenters. The minimum absolute atomic E-state index is 0.0278. The molecule has 1 rings (SSSR count). The number of Topliss-reactive ketones (excluding diaryl/α,β-unsaturated/α-hetero) is 1. The molecule has 0 radical (unpaired) electrons. The topological polar surface area (TPSA) is 161 Å². The van der Waals surface area contributed by atoms with Crippen molar-refractivity contribution in [2.75, 3.05) is 27.4 Å². The number of rotatable bonds is 15. The number of methoxy groups -OCH3 is 2. The highest BCUT2D eigenvalue weighted by molar-refractivity contribution is 6.38. The molecule has 206 valence electrons. The van der Waals surface area contributed by atoms with Gasteiger partial charge in [0.2, 0.25) is 11.7 Å². The summed E-state index contributed by atoms with van der Waals surface area (Å²) in [4.78, 5) is 61.8. The Balaban J connectivity index is 2.78. The fraction of sp³-hybridized carbons (Fsp3) is 0.560. The van der Waals surface area contributed by atoms with Crippen molar-refractivity contribution in [3.63, 3.8) is 0 Å². The average molecular weight is 523 g/mol. The maximum Gasteiger partial charge on any atom is 0.325 e. The van der Waals surface area contributed by atoms with Gasteiger partial charge in [-0.25, -0.2) is 4.79 Å². The Morgan fingerprint density at radius 3 is 2.00 bits per heavy atom. The lowest BCUT2D eigenvalue weighted by Crippen LogP contribution is -2.55. The second kappa shape index (κ2) is 16.0. The zero-order chi connectivity index (χ0) is 28.0. The van der Waals surface area contributed by atoms with Gasteiger partial charge in [-0.05, 0) is 43.4 Å². The van der Waals surface area contributed by atoms with Crippen molar-refractivity contribution in [3.8, 4) is 11.5 Å². The molecule has 4 amide bonds. The normalized spacial score (nSPS) is 12.1. The molecule has 0 aliphatic heterocycles. The van der Waals surface area contributed by atoms with E-state index in [1.165, 1.54) is 14.2 Å². The van der Waals surface area contributed by atoms with Crippen LogP contribution in [0.2, 0.25) is 0 Å². The van der Waals surface area contributed by atoms with Gasteiger partial charge in [-0.3, -0.25) is 19.2 Å². The van der Waals surface area contributed by atoms with Crippen molar-refractivity contribution >= 4 is 29.6 Å². The Bertz CT molecular complexity index is 928. The van der Waals surface area contributed by atoms with E-state index in [9.17, 15) is 24.0 Å². The molecule has 1 aromatic rings. The zero-order valence-corrected chi connectivity index (χ0v) is 22.3. The van der Waals surface area contributed by atoms with Crippen LogP contribution in [-0.4, -0.2) is 69.1 Å². The third-order valence-corrected chi connectivity index (χ3v) is 5.16. The molecule has 12 nitrogen and oxygen atoms in total. The maximum atomic E-state index is 12.9. The molecule has 0 bridgehead atoms. The van der Waals surface area contributed by atoms with Gasteiger partial charge in [0.25, 0.3) is 5.91 Å². The molecule has 37 heavy (non-hydrogen) atoms. The fourth-order valence-electron chi connectivity index (χ4n) is 3.30. The monoisotopic (exact) mass is 522 g/mol. The van der Waals surface area contributed by atoms with Crippen LogP contribution >= 0.6 is 0 Å². The van der Waals surface area contributed by atoms with Crippen molar-refractivity contribution in [3.05, 3.63) is 23.8 Å². The summed E-state index contributed by atoms with van der Waals surface area (Å²) in [5.74, 6) is -1.83. The largest absolute Gasteiger partial charge is 0.497 e. The van der Waals surface area contributed by atoms with Gasteiger partial charge in [-0.2, -0.15) is 0 Å². The van der Waals surface area contributed by atoms with E-state index in [1.54, 1.807) is 32.0 Å². The van der Waals surface area contributed by atoms with Gasteiger partial charge in [0.1, 0.15) is 24.1 Å². The van der Waals surface area contributed by atoms with Crippen LogP contribution in [0.4, 0.5) is 4.79 Å². The number of benzene rings is 1. The summed E-state index contributed by atoms with van der Waals surface area (Å²) >= 11 is 0. The van der Waals surface area contributed by atoms with Crippen LogP contribution in [0.3, 0.4) is 0 Å². The first-order chi connectivity index (χ1) is 17.5. The molecular weight excluding hydrogens is 484 g/mol. The smallest absolute Gasteiger partial charge is 0.325 e. The molecule has 0 aliphatic carbocycles. The number of urea groups is 1. The number of hydrogen-bond acceptors (Lipinski definition) is 8. The van der Waals surface area contributed by atoms with Crippen LogP contribution in [0.1, 0.15) is 46.1 Å². The summed E-state index contributed by atoms with van der Waals surface area (Å²) in [6, 6.07) is 2.25. The van der Waals surface area contributed by atoms with Crippen molar-refractivity contribution in [1.82, 2.24) is 21.3 Å². The number of ketones is 1. The van der Waals surface area contributed by atoms with Crippen molar-refractivity contribution in [2.45, 2.75) is 59.2 Å². The molecule has 0 saturated carbocycles. The van der Waals surface area contributed by atoms with Gasteiger partial charge >= 0.3 is 12.0 Å². The highest BCUT2D eigenvalue weighted by atomic mass is 16.5. The van der Waals surface area contributed by atoms with Gasteiger partial charge in [0.15, 0.2) is 0 Å². The number of hydrogen-bond donors (Lipinski definition) is 4. The number of nitrogens with one attached hydrogen (secondary N) is 4. The van der Waals surface area contributed by atoms with E-state index < -0.39 is 41.7 Å². The third-order valence-electron chi connectivity index (χ3n) is 5.16. The van der Waals surface area contributed by atoms with Crippen LogP contribution in [0.15, 0.2) is 18.2 Å². The predicted octanol–water partition coefficient (Wildman–Crippen LogP) is 1.06. The average Bonchev–Trinajstić information content (AvgIpc) is 2.87. The number of carbonyl (C=O) groups is 5. The van der Waals surface area contributed by atoms with E-state index in [1.807, 2.05) is 13.8 Å². The van der Waals surface area contributed by atoms with Gasteiger partial charge in [-0.1, -0.05) is 20.8 Å². The number of ether oxygens (including phenoxy) is 3. The van der Waals surface area contributed by atoms with Crippen molar-refractivity contribution < 1.29 is 38.2 Å². The molecule has 1 unspecified atom stereocenters. The minimum atomic E-state index is -1.09. The SMILES string of the molecule is CCOC(=O)CNC(=O)N[C@@H](CC(C)C)C(=O)NC(CC)C(=O)C(=O)NCc1cc(OC)cc(OC)c1. The maximum absolute atomic E-state index is 12.9. The summed E-state index contributed by atoms with van der Waals surface area (Å²) in [5.41, 5.74) is 0.657. The number of esters is 1. The van der Waals surface area contributed by atoms with E-state index in [4.69, 9.17) is 14.2 Å². The third kappa shape index (κ3) is 11.2. The first-order valence-corrected chi connectivity index (χ1v) is 12.1. The molecule has 0 spiro atoms. The van der Waals surface area contributed by atoms with Gasteiger partial charge in [-0.15, -0.1) is 0 Å². The minimum Gasteiger partial charge on any atom is -0.497 e. The fourth-order valence-corrected chi connectivity index (χ4v) is 3.30. The van der Waals surface area contributed by atoms with Crippen molar-refractivity contribution in [1.29, 1.82) is 0 Å². The summed E-state index contributed by atoms with van der Waals surface area (Å²) in [5, 5.41) is 9.94. The van der Waals surface area contributed by atoms with Gasteiger partial charge in [0, 0.05) is 12.6 Å². The predicted molar refractivity (Wildman–Crippen MR) is 135 cm³/mol. The molecule has 4 N–H and O–H groups in total. The van der Waals surface area contributed by atoms with Gasteiger partial charge < -0.3 is 35.5 Å². The quantitative estimate of drug-likeness (QED) is 0.196. The summed E-state index contributed by atoms with van der Waals surface area (Å²) in [6.07, 6.45) is 0.432. The molecular formula is C25H38N4O8. The standard InChI is InChI=1S/C25H38N4O8/c1-7-19(22(31)24(33)26-13-16-10-17(35-5)12-18(11-16)36-6)28-23(32)20(9-15(3)4)29-25(34)27-14-21(30)37-8-2/h10-12,15,19-20H,7-9,13-14H2,1-6H3,(H,26,33)(H,28,32)(H2,27,29,34)/t19?,20-/m0/s1. The van der Waals surface area contributed by atoms with Gasteiger partial charge in [0.05, 0.1) is 26.9 Å². The molecule has 0 saturated heterocycles. The second-order valence-corrected chi connectivity index (χ2v) is 8.55. The van der Waals surface area contributed by atoms with Crippen LogP contribution in [-0.2, 0) is 30.5 Å². The van der Waals surface area contributed by atoms with E-state index in [2.05, 4.69) is 21.3 Å². The summed E-state index contributed by atoms with van der Waals surface area (Å²) in [6.45, 7) is 6.88. The zero-order valence-electron chi connectivity index (χ0n) is 22.3. The molecule has 12 heteroatoms. The Morgan fingerprint density at radius 2 is 1.49 bits per heavy atom. The first kappa shape index (κ1) is 31.2. The molecule has 1 aromatic carbocycles. The lowest BCUT2D eigenvalue weighted by molar-refractivity contribution is -0.141. The van der Waals surface area contributed by atoms with E-state index >= 15 is 0 Å². The Morgan fingerprint density at radius 1 is 0.865 bits per heavy atom. The molecule has 0 aliphatic rings. The van der Waals surface area contributed by atoms with E-state index in [0.717, 1.165) is 0 Å². The second-order valence-electron chi connectivity index (χ2n) is 8.55. The Hall–Kier alpha value is -3.83. The van der Waals surface area contributed by atoms with Crippen LogP contribution in [0.25, 0.3) is 0 Å². The summed E-state index contributed by atoms with van der Waals surface area (Å²) in [7, 11) is 3.00.